The van der Waals surface area contributed by atoms with E-state index in [0.717, 1.165) is 30.2 Å². The van der Waals surface area contributed by atoms with Crippen LogP contribution >= 0.6 is 11.6 Å². The van der Waals surface area contributed by atoms with Gasteiger partial charge < -0.3 is 9.30 Å². The number of alkyl halides is 1. The Kier molecular flexibility index (Phi) is 3.41. The van der Waals surface area contributed by atoms with Gasteiger partial charge in [-0.05, 0) is 25.0 Å². The second-order valence-electron chi connectivity index (χ2n) is 4.85. The number of halogens is 1. The zero-order valence-electron chi connectivity index (χ0n) is 10.5. The van der Waals surface area contributed by atoms with Crippen molar-refractivity contribution in [2.45, 2.75) is 31.6 Å². The van der Waals surface area contributed by atoms with Crippen molar-refractivity contribution in [2.75, 3.05) is 18.0 Å². The summed E-state index contributed by atoms with van der Waals surface area (Å²) in [6.07, 6.45) is 7.23. The molecule has 0 unspecified atom stereocenters. The third-order valence-corrected chi connectivity index (χ3v) is 3.89. The van der Waals surface area contributed by atoms with Crippen LogP contribution in [0.1, 0.15) is 31.4 Å². The Morgan fingerprint density at radius 1 is 1.11 bits per heavy atom. The summed E-state index contributed by atoms with van der Waals surface area (Å²) in [5.74, 6) is 1.59. The van der Waals surface area contributed by atoms with Crippen molar-refractivity contribution < 1.29 is 0 Å². The van der Waals surface area contributed by atoms with E-state index in [2.05, 4.69) is 9.30 Å². The summed E-state index contributed by atoms with van der Waals surface area (Å²) in [5, 5.41) is 0. The number of nitrogens with zero attached hydrogens (tertiary/aromatic N) is 3. The quantitative estimate of drug-likeness (QED) is 0.774. The molecule has 1 aliphatic heterocycles. The largest absolute Gasteiger partial charge is 0.355 e. The van der Waals surface area contributed by atoms with Crippen LogP contribution in [0.3, 0.4) is 0 Å². The average molecular weight is 264 g/mol. The Balaban J connectivity index is 2.04. The maximum atomic E-state index is 6.12. The molecule has 2 aromatic rings. The van der Waals surface area contributed by atoms with Gasteiger partial charge in [0, 0.05) is 19.3 Å². The molecule has 0 atom stereocenters. The monoisotopic (exact) mass is 263 g/mol. The SMILES string of the molecule is ClCc1c(N2CCCCCC2)nc2ccccn12. The molecule has 3 nitrogen and oxygen atoms in total. The lowest BCUT2D eigenvalue weighted by atomic mass is 10.2. The average Bonchev–Trinajstić information content (AvgIpc) is 2.59. The lowest BCUT2D eigenvalue weighted by Crippen LogP contribution is -2.25. The first-order chi connectivity index (χ1) is 8.90. The smallest absolute Gasteiger partial charge is 0.152 e. The molecule has 1 saturated heterocycles. The number of anilines is 1. The van der Waals surface area contributed by atoms with Crippen LogP contribution in [-0.2, 0) is 5.88 Å². The van der Waals surface area contributed by atoms with Gasteiger partial charge in [-0.3, -0.25) is 0 Å². The molecule has 0 N–H and O–H groups in total. The predicted molar refractivity (Wildman–Crippen MR) is 75.4 cm³/mol. The fourth-order valence-electron chi connectivity index (χ4n) is 2.69. The summed E-state index contributed by atoms with van der Waals surface area (Å²) in [6, 6.07) is 6.08. The highest BCUT2D eigenvalue weighted by Crippen LogP contribution is 2.25. The van der Waals surface area contributed by atoms with E-state index in [4.69, 9.17) is 16.6 Å². The van der Waals surface area contributed by atoms with Gasteiger partial charge in [-0.25, -0.2) is 4.98 Å². The van der Waals surface area contributed by atoms with Crippen LogP contribution in [0.2, 0.25) is 0 Å². The summed E-state index contributed by atoms with van der Waals surface area (Å²) in [5.41, 5.74) is 2.11. The standard InChI is InChI=1S/C14H18ClN3/c15-11-12-14(17-8-4-1-2-5-9-17)16-13-7-3-6-10-18(12)13/h3,6-7,10H,1-2,4-5,8-9,11H2. The topological polar surface area (TPSA) is 20.5 Å². The molecule has 2 aromatic heterocycles. The van der Waals surface area contributed by atoms with E-state index < -0.39 is 0 Å². The summed E-state index contributed by atoms with van der Waals surface area (Å²) < 4.78 is 2.10. The van der Waals surface area contributed by atoms with E-state index in [1.807, 2.05) is 24.4 Å². The molecule has 0 saturated carbocycles. The van der Waals surface area contributed by atoms with Crippen LogP contribution in [0, 0.1) is 0 Å². The third kappa shape index (κ3) is 2.07. The van der Waals surface area contributed by atoms with E-state index in [0.29, 0.717) is 5.88 Å². The van der Waals surface area contributed by atoms with Crippen LogP contribution in [-0.4, -0.2) is 22.5 Å². The number of aromatic nitrogens is 2. The summed E-state index contributed by atoms with van der Waals surface area (Å²) in [7, 11) is 0. The lowest BCUT2D eigenvalue weighted by molar-refractivity contribution is 0.726. The molecular weight excluding hydrogens is 246 g/mol. The molecule has 18 heavy (non-hydrogen) atoms. The van der Waals surface area contributed by atoms with E-state index in [9.17, 15) is 0 Å². The molecule has 0 aromatic carbocycles. The van der Waals surface area contributed by atoms with Gasteiger partial charge in [0.2, 0.25) is 0 Å². The van der Waals surface area contributed by atoms with Gasteiger partial charge >= 0.3 is 0 Å². The molecule has 1 fully saturated rings. The molecule has 0 aliphatic carbocycles. The zero-order valence-corrected chi connectivity index (χ0v) is 11.2. The minimum atomic E-state index is 0.511. The van der Waals surface area contributed by atoms with Gasteiger partial charge in [0.05, 0.1) is 11.6 Å². The Bertz CT molecular complexity index is 527. The van der Waals surface area contributed by atoms with Gasteiger partial charge in [0.1, 0.15) is 5.65 Å². The summed E-state index contributed by atoms with van der Waals surface area (Å²) in [6.45, 7) is 2.21. The molecule has 0 radical (unpaired) electrons. The highest BCUT2D eigenvalue weighted by Gasteiger charge is 2.18. The number of rotatable bonds is 2. The number of hydrogen-bond acceptors (Lipinski definition) is 2. The maximum Gasteiger partial charge on any atom is 0.152 e. The second-order valence-corrected chi connectivity index (χ2v) is 5.11. The van der Waals surface area contributed by atoms with Crippen molar-refractivity contribution in [1.82, 2.24) is 9.38 Å². The molecule has 0 bridgehead atoms. The van der Waals surface area contributed by atoms with Crippen molar-refractivity contribution in [1.29, 1.82) is 0 Å². The first kappa shape index (κ1) is 11.8. The Morgan fingerprint density at radius 3 is 2.61 bits per heavy atom. The first-order valence-corrected chi connectivity index (χ1v) is 7.20. The number of imidazole rings is 1. The van der Waals surface area contributed by atoms with Crippen LogP contribution in [0.4, 0.5) is 5.82 Å². The van der Waals surface area contributed by atoms with Gasteiger partial charge in [0.25, 0.3) is 0 Å². The van der Waals surface area contributed by atoms with Crippen molar-refractivity contribution in [3.8, 4) is 0 Å². The van der Waals surface area contributed by atoms with Gasteiger partial charge in [0.15, 0.2) is 5.82 Å². The molecule has 96 valence electrons. The number of fused-ring (bicyclic) bond motifs is 1. The normalized spacial score (nSPS) is 17.1. The second kappa shape index (κ2) is 5.19. The van der Waals surface area contributed by atoms with Gasteiger partial charge in [-0.1, -0.05) is 18.9 Å². The fourth-order valence-corrected chi connectivity index (χ4v) is 2.94. The molecule has 0 spiro atoms. The summed E-state index contributed by atoms with van der Waals surface area (Å²) in [4.78, 5) is 7.15. The van der Waals surface area contributed by atoms with E-state index in [-0.39, 0.29) is 0 Å². The van der Waals surface area contributed by atoms with Gasteiger partial charge in [-0.15, -0.1) is 11.6 Å². The molecule has 0 amide bonds. The van der Waals surface area contributed by atoms with Crippen molar-refractivity contribution in [2.24, 2.45) is 0 Å². The molecular formula is C14H18ClN3. The van der Waals surface area contributed by atoms with Crippen molar-refractivity contribution in [3.05, 3.63) is 30.1 Å². The first-order valence-electron chi connectivity index (χ1n) is 6.67. The van der Waals surface area contributed by atoms with Gasteiger partial charge in [-0.2, -0.15) is 0 Å². The molecule has 3 rings (SSSR count). The third-order valence-electron chi connectivity index (χ3n) is 3.64. The Morgan fingerprint density at radius 2 is 1.89 bits per heavy atom. The van der Waals surface area contributed by atoms with E-state index in [1.165, 1.54) is 25.7 Å². The van der Waals surface area contributed by atoms with Crippen LogP contribution in [0.5, 0.6) is 0 Å². The minimum absolute atomic E-state index is 0.511. The fraction of sp³-hybridized carbons (Fsp3) is 0.500. The van der Waals surface area contributed by atoms with Crippen LogP contribution in [0.25, 0.3) is 5.65 Å². The van der Waals surface area contributed by atoms with Crippen LogP contribution < -0.4 is 4.90 Å². The van der Waals surface area contributed by atoms with Crippen LogP contribution in [0.15, 0.2) is 24.4 Å². The zero-order chi connectivity index (χ0) is 12.4. The molecule has 4 heteroatoms. The highest BCUT2D eigenvalue weighted by molar-refractivity contribution is 6.17. The lowest BCUT2D eigenvalue weighted by Gasteiger charge is -2.20. The number of hydrogen-bond donors (Lipinski definition) is 0. The van der Waals surface area contributed by atoms with Crippen molar-refractivity contribution in [3.63, 3.8) is 0 Å². The molecule has 1 aliphatic rings. The Labute approximate surface area is 112 Å². The van der Waals surface area contributed by atoms with E-state index >= 15 is 0 Å². The minimum Gasteiger partial charge on any atom is -0.355 e. The van der Waals surface area contributed by atoms with Crippen molar-refractivity contribution >= 4 is 23.1 Å². The number of pyridine rings is 1. The molecule has 3 heterocycles. The highest BCUT2D eigenvalue weighted by atomic mass is 35.5. The van der Waals surface area contributed by atoms with E-state index in [1.54, 1.807) is 0 Å². The maximum absolute atomic E-state index is 6.12. The Hall–Kier alpha value is -1.22. The predicted octanol–water partition coefficient (Wildman–Crippen LogP) is 3.45. The summed E-state index contributed by atoms with van der Waals surface area (Å²) >= 11 is 6.12.